The lowest BCUT2D eigenvalue weighted by Gasteiger charge is -2.40. The highest BCUT2D eigenvalue weighted by atomic mass is 19.4. The molecule has 9 nitrogen and oxygen atoms in total. The molecule has 3 aliphatic rings. The molecule has 42 heavy (non-hydrogen) atoms. The zero-order chi connectivity index (χ0) is 29.9. The minimum absolute atomic E-state index is 0.174. The molecule has 2 aliphatic heterocycles. The Morgan fingerprint density at radius 2 is 1.86 bits per heavy atom. The van der Waals surface area contributed by atoms with Crippen molar-refractivity contribution in [2.75, 3.05) is 33.0 Å². The molecular formula is C30H36F3N3O6. The topological polar surface area (TPSA) is 109 Å². The van der Waals surface area contributed by atoms with Crippen molar-refractivity contribution >= 4 is 11.8 Å². The number of benzene rings is 2. The van der Waals surface area contributed by atoms with Crippen LogP contribution in [0.5, 0.6) is 11.5 Å². The lowest BCUT2D eigenvalue weighted by molar-refractivity contribution is -0.137. The summed E-state index contributed by atoms with van der Waals surface area (Å²) in [5, 5.41) is 16.8. The van der Waals surface area contributed by atoms with E-state index in [1.54, 1.807) is 0 Å². The van der Waals surface area contributed by atoms with E-state index in [0.717, 1.165) is 43.0 Å². The molecule has 2 aromatic rings. The predicted octanol–water partition coefficient (Wildman–Crippen LogP) is 3.59. The van der Waals surface area contributed by atoms with Gasteiger partial charge in [-0.25, -0.2) is 0 Å². The van der Waals surface area contributed by atoms with Crippen LogP contribution in [0.25, 0.3) is 0 Å². The summed E-state index contributed by atoms with van der Waals surface area (Å²) in [4.78, 5) is 27.5. The Balaban J connectivity index is 1.15. The van der Waals surface area contributed by atoms with Gasteiger partial charge in [-0.05, 0) is 68.0 Å². The zero-order valence-electron chi connectivity index (χ0n) is 23.4. The van der Waals surface area contributed by atoms with Crippen LogP contribution in [0, 0.1) is 0 Å². The molecule has 0 radical (unpaired) electrons. The van der Waals surface area contributed by atoms with Crippen molar-refractivity contribution in [3.63, 3.8) is 0 Å². The normalized spacial score (nSPS) is 25.8. The molecule has 2 fully saturated rings. The van der Waals surface area contributed by atoms with Gasteiger partial charge in [0.25, 0.3) is 5.91 Å². The number of nitrogens with zero attached hydrogens (tertiary/aromatic N) is 1. The summed E-state index contributed by atoms with van der Waals surface area (Å²) in [6, 6.07) is 9.52. The van der Waals surface area contributed by atoms with E-state index in [2.05, 4.69) is 15.5 Å². The molecule has 2 aromatic carbocycles. The summed E-state index contributed by atoms with van der Waals surface area (Å²) in [6.45, 7) is 3.50. The van der Waals surface area contributed by atoms with Crippen molar-refractivity contribution in [3.05, 3.63) is 59.2 Å². The number of rotatable bonds is 9. The molecule has 2 atom stereocenters. The van der Waals surface area contributed by atoms with Crippen molar-refractivity contribution in [3.8, 4) is 11.5 Å². The summed E-state index contributed by atoms with van der Waals surface area (Å²) in [7, 11) is 0. The highest BCUT2D eigenvalue weighted by molar-refractivity contribution is 5.96. The zero-order valence-corrected chi connectivity index (χ0v) is 23.4. The molecule has 0 aromatic heterocycles. The molecule has 0 unspecified atom stereocenters. The molecule has 5 rings (SSSR count). The molecule has 2 amide bonds. The number of fused-ring (bicyclic) bond motifs is 1. The predicted molar refractivity (Wildman–Crippen MR) is 146 cm³/mol. The quantitative estimate of drug-likeness (QED) is 0.409. The smallest absolute Gasteiger partial charge is 0.416 e. The third kappa shape index (κ3) is 6.82. The Morgan fingerprint density at radius 3 is 2.60 bits per heavy atom. The lowest BCUT2D eigenvalue weighted by Crippen LogP contribution is -2.48. The van der Waals surface area contributed by atoms with Gasteiger partial charge in [0.05, 0.1) is 29.9 Å². The van der Waals surface area contributed by atoms with Gasteiger partial charge in [-0.1, -0.05) is 19.1 Å². The van der Waals surface area contributed by atoms with E-state index in [4.69, 9.17) is 14.2 Å². The molecule has 0 bridgehead atoms. The van der Waals surface area contributed by atoms with Gasteiger partial charge < -0.3 is 30.0 Å². The number of alkyl halides is 3. The van der Waals surface area contributed by atoms with Gasteiger partial charge in [-0.15, -0.1) is 0 Å². The van der Waals surface area contributed by atoms with Crippen molar-refractivity contribution in [2.45, 2.75) is 69.0 Å². The number of likely N-dealkylation sites (tertiary alicyclic amines) is 1. The number of nitrogens with one attached hydrogen (secondary N) is 2. The molecule has 1 saturated heterocycles. The number of hydrogen-bond donors (Lipinski definition) is 3. The summed E-state index contributed by atoms with van der Waals surface area (Å²) >= 11 is 0. The first kappa shape index (κ1) is 30.1. The van der Waals surface area contributed by atoms with Crippen LogP contribution in [0.1, 0.15) is 60.5 Å². The van der Waals surface area contributed by atoms with Crippen LogP contribution >= 0.6 is 0 Å². The van der Waals surface area contributed by atoms with E-state index in [0.29, 0.717) is 44.0 Å². The minimum Gasteiger partial charge on any atom is -0.454 e. The summed E-state index contributed by atoms with van der Waals surface area (Å²) in [6.07, 6.45) is -1.32. The van der Waals surface area contributed by atoms with Gasteiger partial charge in [0, 0.05) is 31.3 Å². The third-order valence-electron chi connectivity index (χ3n) is 8.25. The highest BCUT2D eigenvalue weighted by Gasteiger charge is 2.42. The van der Waals surface area contributed by atoms with Crippen LogP contribution in [0.3, 0.4) is 0 Å². The number of carbonyl (C=O) groups excluding carboxylic acids is 2. The van der Waals surface area contributed by atoms with Gasteiger partial charge in [0.2, 0.25) is 12.7 Å². The van der Waals surface area contributed by atoms with Crippen LogP contribution in [-0.2, 0) is 21.3 Å². The molecule has 12 heteroatoms. The number of halogens is 3. The van der Waals surface area contributed by atoms with E-state index in [9.17, 15) is 27.9 Å². The molecule has 1 saturated carbocycles. The monoisotopic (exact) mass is 591 g/mol. The molecule has 0 spiro atoms. The second-order valence-electron chi connectivity index (χ2n) is 11.1. The average molecular weight is 592 g/mol. The highest BCUT2D eigenvalue weighted by Crippen LogP contribution is 2.43. The first-order valence-electron chi connectivity index (χ1n) is 14.3. The maximum atomic E-state index is 13.0. The number of carbonyl (C=O) groups is 2. The lowest BCUT2D eigenvalue weighted by atomic mass is 9.77. The van der Waals surface area contributed by atoms with Crippen LogP contribution in [-0.4, -0.2) is 73.0 Å². The first-order chi connectivity index (χ1) is 20.1. The van der Waals surface area contributed by atoms with Gasteiger partial charge >= 0.3 is 6.18 Å². The van der Waals surface area contributed by atoms with E-state index in [1.165, 1.54) is 6.07 Å². The van der Waals surface area contributed by atoms with E-state index >= 15 is 0 Å². The number of hydrogen-bond acceptors (Lipinski definition) is 7. The number of ether oxygens (including phenoxy) is 3. The van der Waals surface area contributed by atoms with Crippen LogP contribution in [0.15, 0.2) is 42.5 Å². The van der Waals surface area contributed by atoms with E-state index in [-0.39, 0.29) is 37.1 Å². The van der Waals surface area contributed by atoms with Gasteiger partial charge in [0.1, 0.15) is 0 Å². The molecule has 228 valence electrons. The summed E-state index contributed by atoms with van der Waals surface area (Å²) in [5.41, 5.74) is -1.25. The van der Waals surface area contributed by atoms with Crippen molar-refractivity contribution < 1.29 is 42.1 Å². The standard InChI is InChI=1S/C30H36F3N3O6/c1-2-12-40-26-17-36(22-8-10-29(39,11-9-22)20-6-7-24-25(14-20)42-18-41-24)16-23(26)35-27(37)15-34-28(38)19-4-3-5-21(13-19)30(31,32)33/h3-7,13-14,22-23,26,39H,2,8-12,15-18H2,1H3,(H,34,38)(H,35,37)/t22?,23-,26-,29?/m0/s1. The van der Waals surface area contributed by atoms with Gasteiger partial charge in [-0.2, -0.15) is 13.2 Å². The fraction of sp³-hybridized carbons (Fsp3) is 0.533. The van der Waals surface area contributed by atoms with Crippen LogP contribution < -0.4 is 20.1 Å². The molecule has 3 N–H and O–H groups in total. The van der Waals surface area contributed by atoms with E-state index < -0.39 is 29.2 Å². The fourth-order valence-corrected chi connectivity index (χ4v) is 5.96. The molecule has 1 aliphatic carbocycles. The molecular weight excluding hydrogens is 555 g/mol. The number of amides is 2. The Bertz CT molecular complexity index is 1280. The summed E-state index contributed by atoms with van der Waals surface area (Å²) < 4.78 is 55.9. The second-order valence-corrected chi connectivity index (χ2v) is 11.1. The largest absolute Gasteiger partial charge is 0.454 e. The Morgan fingerprint density at radius 1 is 1.10 bits per heavy atom. The van der Waals surface area contributed by atoms with E-state index in [1.807, 2.05) is 25.1 Å². The Labute approximate surface area is 242 Å². The number of aliphatic hydroxyl groups is 1. The first-order valence-corrected chi connectivity index (χ1v) is 14.3. The third-order valence-corrected chi connectivity index (χ3v) is 8.25. The van der Waals surface area contributed by atoms with Gasteiger partial charge in [0.15, 0.2) is 11.5 Å². The Hall–Kier alpha value is -3.35. The fourth-order valence-electron chi connectivity index (χ4n) is 5.96. The Kier molecular flexibility index (Phi) is 8.95. The SMILES string of the molecule is CCCO[C@H]1CN(C2CCC(O)(c3ccc4c(c3)OCO4)CC2)C[C@@H]1NC(=O)CNC(=O)c1cccc(C(F)(F)F)c1. The molecule has 2 heterocycles. The summed E-state index contributed by atoms with van der Waals surface area (Å²) in [5.74, 6) is 0.103. The second kappa shape index (κ2) is 12.5. The maximum Gasteiger partial charge on any atom is 0.416 e. The average Bonchev–Trinajstić information content (AvgIpc) is 3.61. The van der Waals surface area contributed by atoms with Crippen molar-refractivity contribution in [1.29, 1.82) is 0 Å². The minimum atomic E-state index is -4.57. The van der Waals surface area contributed by atoms with Crippen molar-refractivity contribution in [1.82, 2.24) is 15.5 Å². The maximum absolute atomic E-state index is 13.0. The van der Waals surface area contributed by atoms with Crippen LogP contribution in [0.2, 0.25) is 0 Å². The van der Waals surface area contributed by atoms with Crippen molar-refractivity contribution in [2.24, 2.45) is 0 Å². The van der Waals surface area contributed by atoms with Gasteiger partial charge in [-0.3, -0.25) is 14.5 Å². The van der Waals surface area contributed by atoms with Crippen LogP contribution in [0.4, 0.5) is 13.2 Å².